The van der Waals surface area contributed by atoms with E-state index in [0.29, 0.717) is 12.0 Å². The van der Waals surface area contributed by atoms with Crippen molar-refractivity contribution in [3.63, 3.8) is 0 Å². The van der Waals surface area contributed by atoms with E-state index >= 15 is 0 Å². The third-order valence-electron chi connectivity index (χ3n) is 2.87. The molecule has 2 N–H and O–H groups in total. The summed E-state index contributed by atoms with van der Waals surface area (Å²) in [6.07, 6.45) is 1.65. The van der Waals surface area contributed by atoms with E-state index in [2.05, 4.69) is 18.7 Å². The molecule has 0 spiro atoms. The van der Waals surface area contributed by atoms with Gasteiger partial charge in [-0.05, 0) is 18.9 Å². The Bertz CT molecular complexity index is 141. The molecule has 0 aliphatic carbocycles. The SMILES string of the molecule is CCN(CCN)CC1OCCC1C. The van der Waals surface area contributed by atoms with Crippen molar-refractivity contribution in [2.24, 2.45) is 11.7 Å². The lowest BCUT2D eigenvalue weighted by atomic mass is 10.0. The highest BCUT2D eigenvalue weighted by molar-refractivity contribution is 4.76. The molecule has 0 amide bonds. The lowest BCUT2D eigenvalue weighted by Gasteiger charge is -2.24. The van der Waals surface area contributed by atoms with Crippen LogP contribution in [0.15, 0.2) is 0 Å². The van der Waals surface area contributed by atoms with Gasteiger partial charge in [-0.2, -0.15) is 0 Å². The first kappa shape index (κ1) is 11.0. The fraction of sp³-hybridized carbons (Fsp3) is 1.00. The third kappa shape index (κ3) is 3.25. The van der Waals surface area contributed by atoms with Crippen LogP contribution in [0.2, 0.25) is 0 Å². The van der Waals surface area contributed by atoms with Gasteiger partial charge < -0.3 is 10.5 Å². The molecule has 1 saturated heterocycles. The van der Waals surface area contributed by atoms with Gasteiger partial charge in [-0.15, -0.1) is 0 Å². The van der Waals surface area contributed by atoms with Gasteiger partial charge >= 0.3 is 0 Å². The minimum Gasteiger partial charge on any atom is -0.377 e. The summed E-state index contributed by atoms with van der Waals surface area (Å²) in [6, 6.07) is 0. The first-order chi connectivity index (χ1) is 6.27. The van der Waals surface area contributed by atoms with Crippen LogP contribution in [0, 0.1) is 5.92 Å². The largest absolute Gasteiger partial charge is 0.377 e. The smallest absolute Gasteiger partial charge is 0.0728 e. The van der Waals surface area contributed by atoms with E-state index in [1.54, 1.807) is 0 Å². The summed E-state index contributed by atoms with van der Waals surface area (Å²) in [5, 5.41) is 0. The van der Waals surface area contributed by atoms with E-state index in [4.69, 9.17) is 10.5 Å². The van der Waals surface area contributed by atoms with Gasteiger partial charge in [0.05, 0.1) is 6.10 Å². The number of hydrogen-bond acceptors (Lipinski definition) is 3. The number of likely N-dealkylation sites (N-methyl/N-ethyl adjacent to an activating group) is 1. The average Bonchev–Trinajstić information content (AvgIpc) is 2.51. The average molecular weight is 186 g/mol. The molecular weight excluding hydrogens is 164 g/mol. The van der Waals surface area contributed by atoms with E-state index in [1.165, 1.54) is 6.42 Å². The molecule has 1 rings (SSSR count). The van der Waals surface area contributed by atoms with E-state index in [9.17, 15) is 0 Å². The Morgan fingerprint density at radius 3 is 2.77 bits per heavy atom. The van der Waals surface area contributed by atoms with Crippen molar-refractivity contribution in [3.8, 4) is 0 Å². The van der Waals surface area contributed by atoms with E-state index in [0.717, 1.165) is 32.8 Å². The number of ether oxygens (including phenoxy) is 1. The van der Waals surface area contributed by atoms with Crippen molar-refractivity contribution in [3.05, 3.63) is 0 Å². The van der Waals surface area contributed by atoms with Gasteiger partial charge in [-0.25, -0.2) is 0 Å². The van der Waals surface area contributed by atoms with Crippen LogP contribution in [-0.2, 0) is 4.74 Å². The third-order valence-corrected chi connectivity index (χ3v) is 2.87. The first-order valence-electron chi connectivity index (χ1n) is 5.32. The van der Waals surface area contributed by atoms with Crippen molar-refractivity contribution in [2.45, 2.75) is 26.4 Å². The highest BCUT2D eigenvalue weighted by atomic mass is 16.5. The topological polar surface area (TPSA) is 38.5 Å². The molecule has 1 fully saturated rings. The van der Waals surface area contributed by atoms with Crippen molar-refractivity contribution < 1.29 is 4.74 Å². The Morgan fingerprint density at radius 1 is 1.54 bits per heavy atom. The highest BCUT2D eigenvalue weighted by Gasteiger charge is 2.25. The van der Waals surface area contributed by atoms with Gasteiger partial charge in [-0.1, -0.05) is 13.8 Å². The molecule has 78 valence electrons. The number of rotatable bonds is 5. The lowest BCUT2D eigenvalue weighted by molar-refractivity contribution is 0.0600. The molecule has 0 saturated carbocycles. The number of hydrogen-bond donors (Lipinski definition) is 1. The van der Waals surface area contributed by atoms with Crippen LogP contribution in [0.4, 0.5) is 0 Å². The number of nitrogens with two attached hydrogens (primary N) is 1. The predicted molar refractivity (Wildman–Crippen MR) is 54.7 cm³/mol. The molecular formula is C10H22N2O. The molecule has 1 aliphatic heterocycles. The van der Waals surface area contributed by atoms with Crippen LogP contribution in [0.3, 0.4) is 0 Å². The first-order valence-corrected chi connectivity index (χ1v) is 5.32. The van der Waals surface area contributed by atoms with Crippen molar-refractivity contribution in [1.82, 2.24) is 4.90 Å². The summed E-state index contributed by atoms with van der Waals surface area (Å²) < 4.78 is 5.66. The Hall–Kier alpha value is -0.120. The minimum atomic E-state index is 0.437. The fourth-order valence-electron chi connectivity index (χ4n) is 1.80. The molecule has 3 heteroatoms. The molecule has 13 heavy (non-hydrogen) atoms. The molecule has 2 unspecified atom stereocenters. The van der Waals surface area contributed by atoms with Crippen molar-refractivity contribution in [2.75, 3.05) is 32.8 Å². The summed E-state index contributed by atoms with van der Waals surface area (Å²) in [7, 11) is 0. The van der Waals surface area contributed by atoms with Gasteiger partial charge in [0.15, 0.2) is 0 Å². The molecule has 0 radical (unpaired) electrons. The minimum absolute atomic E-state index is 0.437. The van der Waals surface area contributed by atoms with Gasteiger partial charge in [0.1, 0.15) is 0 Å². The highest BCUT2D eigenvalue weighted by Crippen LogP contribution is 2.20. The zero-order chi connectivity index (χ0) is 9.68. The van der Waals surface area contributed by atoms with Gasteiger partial charge in [0.25, 0.3) is 0 Å². The van der Waals surface area contributed by atoms with Crippen LogP contribution in [0.5, 0.6) is 0 Å². The summed E-state index contributed by atoms with van der Waals surface area (Å²) in [5.74, 6) is 0.715. The summed E-state index contributed by atoms with van der Waals surface area (Å²) in [5.41, 5.74) is 5.53. The summed E-state index contributed by atoms with van der Waals surface area (Å²) in [4.78, 5) is 2.37. The molecule has 0 bridgehead atoms. The Morgan fingerprint density at radius 2 is 2.31 bits per heavy atom. The second-order valence-electron chi connectivity index (χ2n) is 3.86. The molecule has 0 aromatic rings. The van der Waals surface area contributed by atoms with Crippen LogP contribution in [0.25, 0.3) is 0 Å². The Balaban J connectivity index is 2.27. The normalized spacial score (nSPS) is 28.6. The second kappa shape index (κ2) is 5.58. The maximum Gasteiger partial charge on any atom is 0.0728 e. The van der Waals surface area contributed by atoms with Crippen LogP contribution in [0.1, 0.15) is 20.3 Å². The van der Waals surface area contributed by atoms with Crippen LogP contribution in [-0.4, -0.2) is 43.8 Å². The molecule has 1 heterocycles. The molecule has 1 aliphatic rings. The standard InChI is InChI=1S/C10H22N2O/c1-3-12(6-5-11)8-10-9(2)4-7-13-10/h9-10H,3-8,11H2,1-2H3. The predicted octanol–water partition coefficient (Wildman–Crippen LogP) is 0.692. The lowest BCUT2D eigenvalue weighted by Crippen LogP contribution is -2.37. The zero-order valence-electron chi connectivity index (χ0n) is 8.83. The fourth-order valence-corrected chi connectivity index (χ4v) is 1.80. The second-order valence-corrected chi connectivity index (χ2v) is 3.86. The van der Waals surface area contributed by atoms with Crippen molar-refractivity contribution in [1.29, 1.82) is 0 Å². The van der Waals surface area contributed by atoms with E-state index in [1.807, 2.05) is 0 Å². The quantitative estimate of drug-likeness (QED) is 0.686. The molecule has 2 atom stereocenters. The zero-order valence-corrected chi connectivity index (χ0v) is 8.83. The molecule has 0 aromatic carbocycles. The number of nitrogens with zero attached hydrogens (tertiary/aromatic N) is 1. The van der Waals surface area contributed by atoms with E-state index in [-0.39, 0.29) is 0 Å². The van der Waals surface area contributed by atoms with Gasteiger partial charge in [0, 0.05) is 26.2 Å². The Kier molecular flexibility index (Phi) is 4.70. The molecule has 3 nitrogen and oxygen atoms in total. The van der Waals surface area contributed by atoms with Crippen molar-refractivity contribution >= 4 is 0 Å². The van der Waals surface area contributed by atoms with E-state index < -0.39 is 0 Å². The van der Waals surface area contributed by atoms with Gasteiger partial charge in [-0.3, -0.25) is 4.90 Å². The monoisotopic (exact) mass is 186 g/mol. The van der Waals surface area contributed by atoms with Crippen LogP contribution >= 0.6 is 0 Å². The maximum atomic E-state index is 5.66. The summed E-state index contributed by atoms with van der Waals surface area (Å²) in [6.45, 7) is 9.24. The maximum absolute atomic E-state index is 5.66. The summed E-state index contributed by atoms with van der Waals surface area (Å²) >= 11 is 0. The Labute approximate surface area is 81.2 Å². The van der Waals surface area contributed by atoms with Crippen LogP contribution < -0.4 is 5.73 Å². The van der Waals surface area contributed by atoms with Gasteiger partial charge in [0.2, 0.25) is 0 Å². The molecule has 0 aromatic heterocycles.